The van der Waals surface area contributed by atoms with Gasteiger partial charge in [-0.1, -0.05) is 12.8 Å². The molecule has 0 aromatic heterocycles. The lowest BCUT2D eigenvalue weighted by atomic mass is 9.58. The highest BCUT2D eigenvalue weighted by Gasteiger charge is 2.48. The largest absolute Gasteiger partial charge is 0.309 e. The fourth-order valence-corrected chi connectivity index (χ4v) is 5.24. The summed E-state index contributed by atoms with van der Waals surface area (Å²) in [7, 11) is 4.52. The third-order valence-corrected chi connectivity index (χ3v) is 5.13. The maximum absolute atomic E-state index is 2.44. The second-order valence-electron chi connectivity index (χ2n) is 7.00. The van der Waals surface area contributed by atoms with Crippen LogP contribution in [0.4, 0.5) is 0 Å². The highest BCUT2D eigenvalue weighted by molar-refractivity contribution is 4.99. The highest BCUT2D eigenvalue weighted by Crippen LogP contribution is 2.57. The van der Waals surface area contributed by atoms with E-state index < -0.39 is 0 Å². The van der Waals surface area contributed by atoms with Crippen LogP contribution in [0.15, 0.2) is 0 Å². The first-order chi connectivity index (χ1) is 7.15. The summed E-state index contributed by atoms with van der Waals surface area (Å²) in [5.74, 6) is 3.29. The number of hydrogen-bond donors (Lipinski definition) is 0. The maximum Gasteiger partial charge on any atom is 0.00322 e. The molecule has 1 heteroatoms. The zero-order valence-corrected chi connectivity index (χ0v) is 10.3. The zero-order valence-electron chi connectivity index (χ0n) is 10.3. The Labute approximate surface area is 94.2 Å². The Bertz CT molecular complexity index is 226. The molecule has 4 saturated carbocycles. The molecular formula is C14H25N. The Balaban J connectivity index is 1.84. The number of hydrogen-bond acceptors (Lipinski definition) is 1. The van der Waals surface area contributed by atoms with Crippen LogP contribution >= 0.6 is 0 Å². The lowest BCUT2D eigenvalue weighted by Gasteiger charge is -2.49. The summed E-state index contributed by atoms with van der Waals surface area (Å²) in [6.45, 7) is 1.36. The second kappa shape index (κ2) is 3.48. The Morgan fingerprint density at radius 1 is 0.933 bits per heavy atom. The normalized spacial score (nSPS) is 48.6. The van der Waals surface area contributed by atoms with Crippen LogP contribution < -0.4 is 0 Å². The smallest absolute Gasteiger partial charge is 0.00322 e. The van der Waals surface area contributed by atoms with Crippen molar-refractivity contribution in [2.24, 2.45) is 23.2 Å². The van der Waals surface area contributed by atoms with Crippen molar-refractivity contribution < 1.29 is 0 Å². The van der Waals surface area contributed by atoms with E-state index >= 15 is 0 Å². The molecule has 0 spiro atoms. The van der Waals surface area contributed by atoms with Crippen LogP contribution in [0.5, 0.6) is 0 Å². The summed E-state index contributed by atoms with van der Waals surface area (Å²) in [5.41, 5.74) is 0.733. The monoisotopic (exact) mass is 207 g/mol. The average molecular weight is 207 g/mol. The van der Waals surface area contributed by atoms with Crippen LogP contribution in [0, 0.1) is 23.2 Å². The molecule has 0 saturated heterocycles. The molecule has 0 heterocycles. The van der Waals surface area contributed by atoms with Gasteiger partial charge in [-0.15, -0.1) is 0 Å². The first-order valence-electron chi connectivity index (χ1n) is 6.80. The van der Waals surface area contributed by atoms with E-state index in [0.717, 1.165) is 23.2 Å². The molecule has 1 nitrogen and oxygen atoms in total. The molecule has 0 amide bonds. The minimum Gasteiger partial charge on any atom is -0.309 e. The molecule has 4 aliphatic carbocycles. The molecule has 2 atom stereocenters. The lowest BCUT2D eigenvalue weighted by Crippen LogP contribution is -2.43. The van der Waals surface area contributed by atoms with Crippen LogP contribution in [0.2, 0.25) is 0 Å². The van der Waals surface area contributed by atoms with Crippen LogP contribution in [0.3, 0.4) is 0 Å². The van der Waals surface area contributed by atoms with Crippen LogP contribution in [0.25, 0.3) is 0 Å². The molecule has 4 fully saturated rings. The van der Waals surface area contributed by atoms with Gasteiger partial charge in [-0.05, 0) is 69.4 Å². The Morgan fingerprint density at radius 2 is 1.47 bits per heavy atom. The van der Waals surface area contributed by atoms with Gasteiger partial charge in [0.25, 0.3) is 0 Å². The third kappa shape index (κ3) is 1.84. The fraction of sp³-hybridized carbons (Fsp3) is 1.00. The molecule has 4 aliphatic rings. The van der Waals surface area contributed by atoms with Gasteiger partial charge in [0, 0.05) is 6.54 Å². The fourth-order valence-electron chi connectivity index (χ4n) is 5.24. The molecule has 0 aromatic rings. The number of fused-ring (bicyclic) bond motifs is 1. The second-order valence-corrected chi connectivity index (χ2v) is 7.00. The number of rotatable bonds is 2. The molecular weight excluding hydrogens is 182 g/mol. The molecule has 4 bridgehead atoms. The van der Waals surface area contributed by atoms with Gasteiger partial charge < -0.3 is 4.90 Å². The standard InChI is InChI=1S/C14H25N/c1-15(2)10-14-7-11-3-4-12(8-14)6-13(5-11)9-14/h11-13H,3-10H2,1-2H3/t11-,12-,13?,14?/m1/s1. The average Bonchev–Trinajstić information content (AvgIpc) is 2.29. The summed E-state index contributed by atoms with van der Waals surface area (Å²) in [4.78, 5) is 2.44. The molecule has 0 N–H and O–H groups in total. The summed E-state index contributed by atoms with van der Waals surface area (Å²) < 4.78 is 0. The van der Waals surface area contributed by atoms with Crippen molar-refractivity contribution in [3.05, 3.63) is 0 Å². The Kier molecular flexibility index (Phi) is 2.35. The highest BCUT2D eigenvalue weighted by atomic mass is 15.1. The van der Waals surface area contributed by atoms with E-state index in [4.69, 9.17) is 0 Å². The van der Waals surface area contributed by atoms with Gasteiger partial charge in [0.05, 0.1) is 0 Å². The quantitative estimate of drug-likeness (QED) is 0.672. The molecule has 4 rings (SSSR count). The summed E-state index contributed by atoms with van der Waals surface area (Å²) in [5, 5.41) is 0. The van der Waals surface area contributed by atoms with Crippen molar-refractivity contribution in [2.45, 2.75) is 44.9 Å². The van der Waals surface area contributed by atoms with Crippen molar-refractivity contribution >= 4 is 0 Å². The molecule has 15 heavy (non-hydrogen) atoms. The summed E-state index contributed by atoms with van der Waals surface area (Å²) in [6.07, 6.45) is 10.9. The van der Waals surface area contributed by atoms with Crippen molar-refractivity contribution in [3.8, 4) is 0 Å². The van der Waals surface area contributed by atoms with E-state index in [2.05, 4.69) is 19.0 Å². The van der Waals surface area contributed by atoms with Crippen molar-refractivity contribution in [1.29, 1.82) is 0 Å². The van der Waals surface area contributed by atoms with Crippen molar-refractivity contribution in [3.63, 3.8) is 0 Å². The zero-order chi connectivity index (χ0) is 10.5. The number of nitrogens with zero attached hydrogens (tertiary/aromatic N) is 1. The first-order valence-corrected chi connectivity index (χ1v) is 6.80. The van der Waals surface area contributed by atoms with E-state index in [0.29, 0.717) is 0 Å². The molecule has 0 radical (unpaired) electrons. The topological polar surface area (TPSA) is 3.24 Å². The Morgan fingerprint density at radius 3 is 2.00 bits per heavy atom. The van der Waals surface area contributed by atoms with Gasteiger partial charge in [0.2, 0.25) is 0 Å². The van der Waals surface area contributed by atoms with Gasteiger partial charge in [-0.2, -0.15) is 0 Å². The van der Waals surface area contributed by atoms with E-state index in [1.165, 1.54) is 6.54 Å². The van der Waals surface area contributed by atoms with Crippen molar-refractivity contribution in [1.82, 2.24) is 4.90 Å². The van der Waals surface area contributed by atoms with Gasteiger partial charge in [-0.3, -0.25) is 0 Å². The van der Waals surface area contributed by atoms with E-state index in [9.17, 15) is 0 Å². The van der Waals surface area contributed by atoms with Crippen LogP contribution in [0.1, 0.15) is 44.9 Å². The predicted molar refractivity (Wildman–Crippen MR) is 63.8 cm³/mol. The molecule has 86 valence electrons. The SMILES string of the molecule is CN(C)CC12CC3C[C@@H](CC[C@H](C3)C1)C2. The summed E-state index contributed by atoms with van der Waals surface area (Å²) in [6, 6.07) is 0. The predicted octanol–water partition coefficient (Wildman–Crippen LogP) is 3.15. The van der Waals surface area contributed by atoms with Gasteiger partial charge in [0.15, 0.2) is 0 Å². The van der Waals surface area contributed by atoms with Crippen LogP contribution in [-0.2, 0) is 0 Å². The van der Waals surface area contributed by atoms with E-state index in [-0.39, 0.29) is 0 Å². The van der Waals surface area contributed by atoms with Gasteiger partial charge in [0.1, 0.15) is 0 Å². The minimum absolute atomic E-state index is 0.733. The van der Waals surface area contributed by atoms with Crippen LogP contribution in [-0.4, -0.2) is 25.5 Å². The Hall–Kier alpha value is -0.0400. The molecule has 0 aliphatic heterocycles. The molecule has 0 aromatic carbocycles. The van der Waals surface area contributed by atoms with Crippen molar-refractivity contribution in [2.75, 3.05) is 20.6 Å². The lowest BCUT2D eigenvalue weighted by molar-refractivity contribution is 0.0144. The van der Waals surface area contributed by atoms with E-state index in [1.54, 1.807) is 44.9 Å². The maximum atomic E-state index is 2.44. The molecule has 0 unspecified atom stereocenters. The van der Waals surface area contributed by atoms with Gasteiger partial charge >= 0.3 is 0 Å². The third-order valence-electron chi connectivity index (χ3n) is 5.13. The summed E-state index contributed by atoms with van der Waals surface area (Å²) >= 11 is 0. The van der Waals surface area contributed by atoms with Gasteiger partial charge in [-0.25, -0.2) is 0 Å². The van der Waals surface area contributed by atoms with E-state index in [1.807, 2.05) is 0 Å². The minimum atomic E-state index is 0.733. The first kappa shape index (κ1) is 10.1.